The molecule has 1 aromatic heterocycles. The van der Waals surface area contributed by atoms with E-state index in [4.69, 9.17) is 9.97 Å². The van der Waals surface area contributed by atoms with Crippen LogP contribution in [0, 0.1) is 13.8 Å². The minimum absolute atomic E-state index is 0.911. The van der Waals surface area contributed by atoms with Crippen LogP contribution in [0.1, 0.15) is 33.6 Å². The molecule has 22 heavy (non-hydrogen) atoms. The molecule has 0 fully saturated rings. The highest BCUT2D eigenvalue weighted by Gasteiger charge is 2.28. The third kappa shape index (κ3) is 1.55. The summed E-state index contributed by atoms with van der Waals surface area (Å²) >= 11 is 0. The van der Waals surface area contributed by atoms with Gasteiger partial charge in [-0.25, -0.2) is 9.97 Å². The third-order valence-electron chi connectivity index (χ3n) is 4.79. The molecule has 106 valence electrons. The van der Waals surface area contributed by atoms with Gasteiger partial charge in [0.25, 0.3) is 0 Å². The Morgan fingerprint density at radius 1 is 0.682 bits per heavy atom. The molecule has 0 radical (unpaired) electrons. The summed E-state index contributed by atoms with van der Waals surface area (Å²) in [6.07, 6.45) is 1.82. The Labute approximate surface area is 129 Å². The van der Waals surface area contributed by atoms with Gasteiger partial charge in [0, 0.05) is 24.0 Å². The number of hydrogen-bond donors (Lipinski definition) is 0. The van der Waals surface area contributed by atoms with Crippen LogP contribution in [0.5, 0.6) is 0 Å². The summed E-state index contributed by atoms with van der Waals surface area (Å²) in [6.45, 7) is 4.28. The molecule has 0 saturated carbocycles. The smallest absolute Gasteiger partial charge is 0.0927 e. The minimum Gasteiger partial charge on any atom is -0.248 e. The highest BCUT2D eigenvalue weighted by molar-refractivity contribution is 5.78. The average molecular weight is 284 g/mol. The second-order valence-electron chi connectivity index (χ2n) is 6.49. The van der Waals surface area contributed by atoms with Crippen molar-refractivity contribution < 1.29 is 0 Å². The van der Waals surface area contributed by atoms with Crippen LogP contribution in [-0.4, -0.2) is 9.97 Å². The maximum Gasteiger partial charge on any atom is 0.0927 e. The van der Waals surface area contributed by atoms with Crippen molar-refractivity contribution in [3.8, 4) is 22.5 Å². The number of fused-ring (bicyclic) bond motifs is 6. The molecule has 1 heterocycles. The SMILES string of the molecule is Cc1ccc2c(c1)Cc1nc3c(nc1-2)Cc1cc(C)ccc1-3. The molecular weight excluding hydrogens is 268 g/mol. The summed E-state index contributed by atoms with van der Waals surface area (Å²) in [5.41, 5.74) is 12.3. The Morgan fingerprint density at radius 3 is 1.59 bits per heavy atom. The van der Waals surface area contributed by atoms with Gasteiger partial charge < -0.3 is 0 Å². The number of hydrogen-bond acceptors (Lipinski definition) is 2. The molecule has 2 aliphatic carbocycles. The lowest BCUT2D eigenvalue weighted by Gasteiger charge is -2.04. The van der Waals surface area contributed by atoms with Gasteiger partial charge in [-0.2, -0.15) is 0 Å². The Bertz CT molecular complexity index is 875. The molecule has 0 aliphatic heterocycles. The van der Waals surface area contributed by atoms with Gasteiger partial charge in [-0.05, 0) is 25.0 Å². The first-order chi connectivity index (χ1) is 10.7. The monoisotopic (exact) mass is 284 g/mol. The van der Waals surface area contributed by atoms with Gasteiger partial charge >= 0.3 is 0 Å². The lowest BCUT2D eigenvalue weighted by atomic mass is 10.1. The fraction of sp³-hybridized carbons (Fsp3) is 0.200. The molecule has 0 spiro atoms. The molecule has 5 rings (SSSR count). The number of rotatable bonds is 0. The minimum atomic E-state index is 0.911. The lowest BCUT2D eigenvalue weighted by Crippen LogP contribution is -1.96. The molecular formula is C20H16N2. The zero-order valence-corrected chi connectivity index (χ0v) is 12.8. The number of aryl methyl sites for hydroxylation is 2. The van der Waals surface area contributed by atoms with Gasteiger partial charge in [0.05, 0.1) is 22.8 Å². The van der Waals surface area contributed by atoms with Crippen molar-refractivity contribution in [1.29, 1.82) is 0 Å². The van der Waals surface area contributed by atoms with Crippen LogP contribution < -0.4 is 0 Å². The first-order valence-electron chi connectivity index (χ1n) is 7.78. The number of nitrogens with zero attached hydrogens (tertiary/aromatic N) is 2. The summed E-state index contributed by atoms with van der Waals surface area (Å²) in [4.78, 5) is 9.97. The molecule has 0 N–H and O–H groups in total. The number of benzene rings is 2. The fourth-order valence-corrected chi connectivity index (χ4v) is 3.74. The van der Waals surface area contributed by atoms with Gasteiger partial charge in [0.1, 0.15) is 0 Å². The van der Waals surface area contributed by atoms with Gasteiger partial charge in [0.2, 0.25) is 0 Å². The fourth-order valence-electron chi connectivity index (χ4n) is 3.74. The quantitative estimate of drug-likeness (QED) is 0.425. The van der Waals surface area contributed by atoms with E-state index < -0.39 is 0 Å². The summed E-state index contributed by atoms with van der Waals surface area (Å²) in [5.74, 6) is 0. The van der Waals surface area contributed by atoms with Gasteiger partial charge in [-0.3, -0.25) is 0 Å². The topological polar surface area (TPSA) is 25.8 Å². The zero-order valence-electron chi connectivity index (χ0n) is 12.8. The van der Waals surface area contributed by atoms with Crippen molar-refractivity contribution in [1.82, 2.24) is 9.97 Å². The largest absolute Gasteiger partial charge is 0.248 e. The van der Waals surface area contributed by atoms with Gasteiger partial charge in [-0.15, -0.1) is 0 Å². The van der Waals surface area contributed by atoms with E-state index in [0.29, 0.717) is 0 Å². The van der Waals surface area contributed by atoms with Crippen LogP contribution in [0.2, 0.25) is 0 Å². The summed E-state index contributed by atoms with van der Waals surface area (Å²) in [6, 6.07) is 13.3. The van der Waals surface area contributed by atoms with Crippen molar-refractivity contribution in [2.45, 2.75) is 26.7 Å². The molecule has 0 atom stereocenters. The van der Waals surface area contributed by atoms with Crippen LogP contribution in [0.4, 0.5) is 0 Å². The van der Waals surface area contributed by atoms with E-state index >= 15 is 0 Å². The Balaban J connectivity index is 1.70. The van der Waals surface area contributed by atoms with E-state index in [1.54, 1.807) is 0 Å². The van der Waals surface area contributed by atoms with E-state index in [-0.39, 0.29) is 0 Å². The van der Waals surface area contributed by atoms with Crippen LogP contribution in [-0.2, 0) is 12.8 Å². The van der Waals surface area contributed by atoms with Crippen molar-refractivity contribution in [3.05, 3.63) is 70.0 Å². The molecule has 0 amide bonds. The van der Waals surface area contributed by atoms with Crippen LogP contribution >= 0.6 is 0 Å². The second-order valence-corrected chi connectivity index (χ2v) is 6.49. The molecule has 2 aliphatic rings. The Hall–Kier alpha value is -2.48. The van der Waals surface area contributed by atoms with Crippen molar-refractivity contribution >= 4 is 0 Å². The molecule has 2 nitrogen and oxygen atoms in total. The zero-order chi connectivity index (χ0) is 14.8. The Morgan fingerprint density at radius 2 is 1.14 bits per heavy atom. The van der Waals surface area contributed by atoms with E-state index in [0.717, 1.165) is 35.6 Å². The summed E-state index contributed by atoms with van der Waals surface area (Å²) in [7, 11) is 0. The van der Waals surface area contributed by atoms with E-state index in [1.807, 2.05) is 0 Å². The van der Waals surface area contributed by atoms with Crippen molar-refractivity contribution in [2.24, 2.45) is 0 Å². The maximum absolute atomic E-state index is 4.99. The van der Waals surface area contributed by atoms with E-state index in [2.05, 4.69) is 50.2 Å². The lowest BCUT2D eigenvalue weighted by molar-refractivity contribution is 1.04. The predicted molar refractivity (Wildman–Crippen MR) is 88.0 cm³/mol. The molecule has 2 aromatic carbocycles. The second kappa shape index (κ2) is 4.04. The van der Waals surface area contributed by atoms with Crippen LogP contribution in [0.15, 0.2) is 36.4 Å². The highest BCUT2D eigenvalue weighted by atomic mass is 14.9. The molecule has 0 saturated heterocycles. The average Bonchev–Trinajstić information content (AvgIpc) is 3.00. The standard InChI is InChI=1S/C20H16N2/c1-11-3-5-15-13(7-11)9-17-19(15)22-18-10-14-8-12(2)4-6-16(14)20(18)21-17/h3-8H,9-10H2,1-2H3. The summed E-state index contributed by atoms with van der Waals surface area (Å²) in [5, 5.41) is 0. The molecule has 2 heteroatoms. The van der Waals surface area contributed by atoms with Crippen LogP contribution in [0.25, 0.3) is 22.5 Å². The normalized spacial score (nSPS) is 13.5. The van der Waals surface area contributed by atoms with Gasteiger partial charge in [-0.1, -0.05) is 47.5 Å². The van der Waals surface area contributed by atoms with E-state index in [9.17, 15) is 0 Å². The van der Waals surface area contributed by atoms with E-state index in [1.165, 1.54) is 33.4 Å². The molecule has 0 bridgehead atoms. The first-order valence-corrected chi connectivity index (χ1v) is 7.78. The Kier molecular flexibility index (Phi) is 2.22. The third-order valence-corrected chi connectivity index (χ3v) is 4.79. The van der Waals surface area contributed by atoms with Gasteiger partial charge in [0.15, 0.2) is 0 Å². The highest BCUT2D eigenvalue weighted by Crippen LogP contribution is 2.40. The maximum atomic E-state index is 4.99. The molecule has 0 unspecified atom stereocenters. The summed E-state index contributed by atoms with van der Waals surface area (Å²) < 4.78 is 0. The number of aromatic nitrogens is 2. The van der Waals surface area contributed by atoms with Crippen molar-refractivity contribution in [2.75, 3.05) is 0 Å². The predicted octanol–water partition coefficient (Wildman–Crippen LogP) is 4.24. The van der Waals surface area contributed by atoms with Crippen LogP contribution in [0.3, 0.4) is 0 Å². The molecule has 3 aromatic rings. The van der Waals surface area contributed by atoms with Crippen molar-refractivity contribution in [3.63, 3.8) is 0 Å². The first kappa shape index (κ1) is 12.1.